The van der Waals surface area contributed by atoms with Gasteiger partial charge in [0.05, 0.1) is 19.8 Å². The summed E-state index contributed by atoms with van der Waals surface area (Å²) in [6.45, 7) is -0.600. The summed E-state index contributed by atoms with van der Waals surface area (Å²) in [6.07, 6.45) is 0. The van der Waals surface area contributed by atoms with E-state index < -0.39 is 30.1 Å². The minimum absolute atomic E-state index is 0.0444. The number of hydrogen-bond donors (Lipinski definition) is 1. The first-order valence-electron chi connectivity index (χ1n) is 7.08. The lowest BCUT2D eigenvalue weighted by molar-refractivity contribution is -0.119. The third-order valence-electron chi connectivity index (χ3n) is 3.12. The first kappa shape index (κ1) is 18.2. The van der Waals surface area contributed by atoms with Gasteiger partial charge in [-0.15, -0.1) is 0 Å². The summed E-state index contributed by atoms with van der Waals surface area (Å²) in [5.41, 5.74) is 0.180. The number of carbonyl (C=O) groups excluding carboxylic acids is 2. The van der Waals surface area contributed by atoms with Crippen molar-refractivity contribution in [2.75, 3.05) is 26.1 Å². The van der Waals surface area contributed by atoms with Gasteiger partial charge in [-0.2, -0.15) is 0 Å². The van der Waals surface area contributed by atoms with Crippen molar-refractivity contribution in [2.24, 2.45) is 0 Å². The molecule has 0 fully saturated rings. The van der Waals surface area contributed by atoms with Gasteiger partial charge in [-0.3, -0.25) is 4.79 Å². The lowest BCUT2D eigenvalue weighted by atomic mass is 10.2. The van der Waals surface area contributed by atoms with Crippen molar-refractivity contribution in [1.82, 2.24) is 0 Å². The molecule has 0 aliphatic heterocycles. The number of hydrogen-bond acceptors (Lipinski definition) is 5. The number of carbonyl (C=O) groups is 2. The number of rotatable bonds is 6. The fourth-order valence-electron chi connectivity index (χ4n) is 1.91. The molecule has 2 aromatic rings. The Hall–Kier alpha value is -3.16. The van der Waals surface area contributed by atoms with Crippen LogP contribution in [0.4, 0.5) is 14.5 Å². The predicted octanol–water partition coefficient (Wildman–Crippen LogP) is 2.78. The molecule has 0 radical (unpaired) electrons. The van der Waals surface area contributed by atoms with E-state index in [0.717, 1.165) is 12.1 Å². The molecule has 0 atom stereocenters. The number of benzene rings is 2. The molecule has 0 aromatic heterocycles. The second-order valence-corrected chi connectivity index (χ2v) is 4.85. The second-order valence-electron chi connectivity index (χ2n) is 4.85. The fourth-order valence-corrected chi connectivity index (χ4v) is 1.91. The number of methoxy groups -OCH3 is 2. The number of halogens is 2. The van der Waals surface area contributed by atoms with Gasteiger partial charge in [-0.1, -0.05) is 0 Å². The van der Waals surface area contributed by atoms with Crippen LogP contribution in [0.5, 0.6) is 11.5 Å². The lowest BCUT2D eigenvalue weighted by Gasteiger charge is -2.09. The van der Waals surface area contributed by atoms with Crippen LogP contribution in [0.3, 0.4) is 0 Å². The van der Waals surface area contributed by atoms with Crippen LogP contribution in [-0.4, -0.2) is 32.7 Å². The number of amides is 1. The molecular formula is C17H15F2NO5. The molecule has 2 aromatic carbocycles. The van der Waals surface area contributed by atoms with E-state index >= 15 is 0 Å². The molecule has 1 N–H and O–H groups in total. The van der Waals surface area contributed by atoms with E-state index in [-0.39, 0.29) is 11.3 Å². The highest BCUT2D eigenvalue weighted by Crippen LogP contribution is 2.23. The predicted molar refractivity (Wildman–Crippen MR) is 84.8 cm³/mol. The number of nitrogens with one attached hydrogen (secondary N) is 1. The number of anilines is 1. The SMILES string of the molecule is COc1cc(OC)cc(C(=O)OCC(=O)Nc2ccc(F)c(F)c2)c1. The molecule has 8 heteroatoms. The summed E-state index contributed by atoms with van der Waals surface area (Å²) in [4.78, 5) is 23.8. The lowest BCUT2D eigenvalue weighted by Crippen LogP contribution is -2.21. The Morgan fingerprint density at radius 3 is 2.16 bits per heavy atom. The Bertz CT molecular complexity index is 772. The van der Waals surface area contributed by atoms with Crippen LogP contribution >= 0.6 is 0 Å². The molecule has 25 heavy (non-hydrogen) atoms. The van der Waals surface area contributed by atoms with Crippen LogP contribution in [0.2, 0.25) is 0 Å². The maximum absolute atomic E-state index is 13.1. The van der Waals surface area contributed by atoms with Gasteiger partial charge in [0.1, 0.15) is 11.5 Å². The van der Waals surface area contributed by atoms with Gasteiger partial charge in [-0.05, 0) is 24.3 Å². The quantitative estimate of drug-likeness (QED) is 0.810. The molecule has 0 saturated heterocycles. The molecule has 0 aliphatic rings. The summed E-state index contributed by atoms with van der Waals surface area (Å²) in [7, 11) is 2.86. The molecule has 0 heterocycles. The largest absolute Gasteiger partial charge is 0.497 e. The highest BCUT2D eigenvalue weighted by Gasteiger charge is 2.14. The minimum atomic E-state index is -1.10. The highest BCUT2D eigenvalue weighted by molar-refractivity contribution is 5.95. The number of ether oxygens (including phenoxy) is 3. The van der Waals surface area contributed by atoms with Crippen molar-refractivity contribution in [1.29, 1.82) is 0 Å². The molecule has 0 spiro atoms. The molecule has 0 unspecified atom stereocenters. The Labute approximate surface area is 142 Å². The maximum Gasteiger partial charge on any atom is 0.338 e. The molecule has 132 valence electrons. The summed E-state index contributed by atoms with van der Waals surface area (Å²) in [5.74, 6) is -2.82. The summed E-state index contributed by atoms with van der Waals surface area (Å²) < 4.78 is 40.9. The molecular weight excluding hydrogens is 336 g/mol. The zero-order valence-electron chi connectivity index (χ0n) is 13.5. The van der Waals surface area contributed by atoms with Crippen molar-refractivity contribution in [3.63, 3.8) is 0 Å². The molecule has 6 nitrogen and oxygen atoms in total. The molecule has 2 rings (SSSR count). The molecule has 1 amide bonds. The van der Waals surface area contributed by atoms with Crippen LogP contribution in [0.25, 0.3) is 0 Å². The first-order valence-corrected chi connectivity index (χ1v) is 7.08. The Morgan fingerprint density at radius 2 is 1.60 bits per heavy atom. The average Bonchev–Trinajstić information content (AvgIpc) is 2.62. The summed E-state index contributed by atoms with van der Waals surface area (Å²) in [6, 6.07) is 7.31. The summed E-state index contributed by atoms with van der Waals surface area (Å²) >= 11 is 0. The van der Waals surface area contributed by atoms with Crippen molar-refractivity contribution in [3.8, 4) is 11.5 Å². The Kier molecular flexibility index (Phi) is 5.89. The second kappa shape index (κ2) is 8.09. The van der Waals surface area contributed by atoms with Crippen LogP contribution < -0.4 is 14.8 Å². The van der Waals surface area contributed by atoms with Gasteiger partial charge in [-0.25, -0.2) is 13.6 Å². The fraction of sp³-hybridized carbons (Fsp3) is 0.176. The standard InChI is InChI=1S/C17H15F2NO5/c1-23-12-5-10(6-13(8-12)24-2)17(22)25-9-16(21)20-11-3-4-14(18)15(19)7-11/h3-8H,9H2,1-2H3,(H,20,21). The minimum Gasteiger partial charge on any atom is -0.497 e. The first-order chi connectivity index (χ1) is 11.9. The zero-order chi connectivity index (χ0) is 18.4. The third-order valence-corrected chi connectivity index (χ3v) is 3.12. The van der Waals surface area contributed by atoms with Crippen molar-refractivity contribution in [3.05, 3.63) is 53.6 Å². The van der Waals surface area contributed by atoms with Crippen LogP contribution in [0, 0.1) is 11.6 Å². The Balaban J connectivity index is 1.97. The van der Waals surface area contributed by atoms with Crippen LogP contribution in [0.1, 0.15) is 10.4 Å². The summed E-state index contributed by atoms with van der Waals surface area (Å²) in [5, 5.41) is 2.29. The van der Waals surface area contributed by atoms with Crippen LogP contribution in [-0.2, 0) is 9.53 Å². The van der Waals surface area contributed by atoms with Gasteiger partial charge >= 0.3 is 5.97 Å². The van der Waals surface area contributed by atoms with Crippen molar-refractivity contribution in [2.45, 2.75) is 0 Å². The zero-order valence-corrected chi connectivity index (χ0v) is 13.5. The van der Waals surface area contributed by atoms with E-state index in [1.807, 2.05) is 0 Å². The van der Waals surface area contributed by atoms with Gasteiger partial charge in [0.15, 0.2) is 18.2 Å². The monoisotopic (exact) mass is 351 g/mol. The van der Waals surface area contributed by atoms with E-state index in [4.69, 9.17) is 14.2 Å². The van der Waals surface area contributed by atoms with E-state index in [1.165, 1.54) is 32.4 Å². The van der Waals surface area contributed by atoms with Gasteiger partial charge in [0.25, 0.3) is 5.91 Å². The van der Waals surface area contributed by atoms with Gasteiger partial charge in [0.2, 0.25) is 0 Å². The van der Waals surface area contributed by atoms with E-state index in [9.17, 15) is 18.4 Å². The van der Waals surface area contributed by atoms with E-state index in [2.05, 4.69) is 5.32 Å². The topological polar surface area (TPSA) is 73.9 Å². The third kappa shape index (κ3) is 4.90. The van der Waals surface area contributed by atoms with Crippen LogP contribution in [0.15, 0.2) is 36.4 Å². The normalized spacial score (nSPS) is 10.1. The Morgan fingerprint density at radius 1 is 0.960 bits per heavy atom. The van der Waals surface area contributed by atoms with Gasteiger partial charge < -0.3 is 19.5 Å². The molecule has 0 saturated carbocycles. The van der Waals surface area contributed by atoms with E-state index in [1.54, 1.807) is 6.07 Å². The average molecular weight is 351 g/mol. The highest BCUT2D eigenvalue weighted by atomic mass is 19.2. The van der Waals surface area contributed by atoms with Gasteiger partial charge in [0, 0.05) is 17.8 Å². The van der Waals surface area contributed by atoms with Crippen molar-refractivity contribution >= 4 is 17.6 Å². The smallest absolute Gasteiger partial charge is 0.338 e. The molecule has 0 aliphatic carbocycles. The van der Waals surface area contributed by atoms with Crippen molar-refractivity contribution < 1.29 is 32.6 Å². The molecule has 0 bridgehead atoms. The maximum atomic E-state index is 13.1. The van der Waals surface area contributed by atoms with E-state index in [0.29, 0.717) is 11.5 Å². The number of esters is 1.